The van der Waals surface area contributed by atoms with E-state index in [0.717, 1.165) is 28.3 Å². The van der Waals surface area contributed by atoms with Gasteiger partial charge in [0, 0.05) is 28.3 Å². The Morgan fingerprint density at radius 3 is 2.81 bits per heavy atom. The average molecular weight is 383 g/mol. The lowest BCUT2D eigenvalue weighted by Gasteiger charge is -2.29. The van der Waals surface area contributed by atoms with Crippen LogP contribution in [0.1, 0.15) is 73.7 Å². The molecule has 1 saturated carbocycles. The first-order valence-corrected chi connectivity index (χ1v) is 10.7. The molecule has 5 nitrogen and oxygen atoms in total. The molecular weight excluding hydrogens is 356 g/mol. The van der Waals surface area contributed by atoms with E-state index in [1.165, 1.54) is 37.8 Å². The number of urea groups is 1. The first-order valence-electron chi connectivity index (χ1n) is 9.77. The Labute approximate surface area is 164 Å². The fraction of sp³-hybridized carbons (Fsp3) is 0.429. The van der Waals surface area contributed by atoms with Gasteiger partial charge in [0.2, 0.25) is 0 Å². The van der Waals surface area contributed by atoms with Gasteiger partial charge in [-0.05, 0) is 37.0 Å². The maximum absolute atomic E-state index is 12.2. The number of nitrogens with two attached hydrogens (primary N) is 1. The molecule has 1 aromatic carbocycles. The van der Waals surface area contributed by atoms with Crippen LogP contribution >= 0.6 is 11.3 Å². The molecule has 27 heavy (non-hydrogen) atoms. The van der Waals surface area contributed by atoms with Gasteiger partial charge in [0.15, 0.2) is 0 Å². The quantitative estimate of drug-likeness (QED) is 0.655. The minimum absolute atomic E-state index is 0.174. The molecular formula is C21H26N4OS. The van der Waals surface area contributed by atoms with Crippen LogP contribution in [0.3, 0.4) is 0 Å². The fourth-order valence-corrected chi connectivity index (χ4v) is 5.14. The second-order valence-corrected chi connectivity index (χ2v) is 8.22. The van der Waals surface area contributed by atoms with Gasteiger partial charge in [-0.15, -0.1) is 11.3 Å². The number of hydrogen-bond acceptors (Lipinski definition) is 4. The highest BCUT2D eigenvalue weighted by molar-refractivity contribution is 7.10. The molecule has 0 saturated heterocycles. The van der Waals surface area contributed by atoms with Crippen molar-refractivity contribution in [3.63, 3.8) is 0 Å². The van der Waals surface area contributed by atoms with Crippen molar-refractivity contribution in [3.8, 4) is 0 Å². The van der Waals surface area contributed by atoms with Crippen LogP contribution in [0.15, 0.2) is 35.3 Å². The molecule has 142 valence electrons. The number of carbonyl (C=O) groups excluding carboxylic acids is 1. The lowest BCUT2D eigenvalue weighted by molar-refractivity contribution is 0.240. The predicted octanol–water partition coefficient (Wildman–Crippen LogP) is 4.95. The first-order chi connectivity index (χ1) is 13.2. The Morgan fingerprint density at radius 2 is 2.07 bits per heavy atom. The Morgan fingerprint density at radius 1 is 1.26 bits per heavy atom. The number of hydrogen-bond donors (Lipinski definition) is 3. The van der Waals surface area contributed by atoms with Crippen LogP contribution in [-0.4, -0.2) is 11.0 Å². The van der Waals surface area contributed by atoms with E-state index >= 15 is 0 Å². The number of nitrogens with zero attached hydrogens (tertiary/aromatic N) is 1. The van der Waals surface area contributed by atoms with Crippen LogP contribution in [-0.2, 0) is 0 Å². The highest BCUT2D eigenvalue weighted by Crippen LogP contribution is 2.40. The Bertz CT molecular complexity index is 867. The van der Waals surface area contributed by atoms with Crippen LogP contribution in [0.25, 0.3) is 5.57 Å². The van der Waals surface area contributed by atoms with Gasteiger partial charge in [-0.3, -0.25) is 0 Å². The van der Waals surface area contributed by atoms with Crippen LogP contribution in [0, 0.1) is 0 Å². The van der Waals surface area contributed by atoms with E-state index in [9.17, 15) is 4.79 Å². The van der Waals surface area contributed by atoms with Crippen LogP contribution in [0.5, 0.6) is 0 Å². The molecule has 2 aliphatic rings. The molecule has 2 amide bonds. The van der Waals surface area contributed by atoms with Crippen molar-refractivity contribution in [2.24, 2.45) is 0 Å². The van der Waals surface area contributed by atoms with E-state index in [-0.39, 0.29) is 12.1 Å². The highest BCUT2D eigenvalue weighted by atomic mass is 32.1. The standard InChI is InChI=1S/C21H26N4OS/c1-2-16-18(20-23-17(12-27-20)13-7-4-3-5-8-13)19(25-21(26)24-16)14-9-6-10-15(22)11-14/h6,9-13,19H,2-5,7-8,22H2,1H3,(H2,24,25,26). The maximum atomic E-state index is 12.2. The van der Waals surface area contributed by atoms with Gasteiger partial charge in [-0.1, -0.05) is 38.3 Å². The number of nitrogens with one attached hydrogen (secondary N) is 2. The number of nitrogen functional groups attached to an aromatic ring is 1. The van der Waals surface area contributed by atoms with Gasteiger partial charge in [0.05, 0.1) is 11.7 Å². The van der Waals surface area contributed by atoms with E-state index in [4.69, 9.17) is 10.7 Å². The van der Waals surface area contributed by atoms with E-state index in [1.807, 2.05) is 24.3 Å². The van der Waals surface area contributed by atoms with Crippen molar-refractivity contribution in [2.45, 2.75) is 57.4 Å². The summed E-state index contributed by atoms with van der Waals surface area (Å²) in [5, 5.41) is 9.25. The molecule has 0 spiro atoms. The number of rotatable bonds is 4. The number of aromatic nitrogens is 1. The van der Waals surface area contributed by atoms with Crippen molar-refractivity contribution in [2.75, 3.05) is 5.73 Å². The number of allylic oxidation sites excluding steroid dienone is 1. The number of benzene rings is 1. The molecule has 1 aromatic heterocycles. The lowest BCUT2D eigenvalue weighted by Crippen LogP contribution is -2.43. The largest absolute Gasteiger partial charge is 0.399 e. The number of thiazole rings is 1. The summed E-state index contributed by atoms with van der Waals surface area (Å²) in [6.07, 6.45) is 7.15. The fourth-order valence-electron chi connectivity index (χ4n) is 4.13. The summed E-state index contributed by atoms with van der Waals surface area (Å²) < 4.78 is 0. The summed E-state index contributed by atoms with van der Waals surface area (Å²) in [5.74, 6) is 0.575. The number of anilines is 1. The summed E-state index contributed by atoms with van der Waals surface area (Å²) in [4.78, 5) is 17.2. The topological polar surface area (TPSA) is 80.0 Å². The van der Waals surface area contributed by atoms with Gasteiger partial charge in [0.25, 0.3) is 0 Å². The van der Waals surface area contributed by atoms with E-state index in [0.29, 0.717) is 11.6 Å². The van der Waals surface area contributed by atoms with Crippen molar-refractivity contribution < 1.29 is 4.79 Å². The molecule has 1 aliphatic heterocycles. The van der Waals surface area contributed by atoms with E-state index in [1.54, 1.807) is 11.3 Å². The molecule has 0 radical (unpaired) electrons. The third kappa shape index (κ3) is 3.72. The van der Waals surface area contributed by atoms with E-state index in [2.05, 4.69) is 22.9 Å². The molecule has 6 heteroatoms. The summed E-state index contributed by atoms with van der Waals surface area (Å²) >= 11 is 1.68. The number of carbonyl (C=O) groups is 1. The van der Waals surface area contributed by atoms with E-state index < -0.39 is 0 Å². The summed E-state index contributed by atoms with van der Waals surface area (Å²) in [6.45, 7) is 2.06. The highest BCUT2D eigenvalue weighted by Gasteiger charge is 2.31. The van der Waals surface area contributed by atoms with Gasteiger partial charge >= 0.3 is 6.03 Å². The Balaban J connectivity index is 1.74. The summed E-state index contributed by atoms with van der Waals surface area (Å²) in [5.41, 5.74) is 10.9. The Hall–Kier alpha value is -2.34. The van der Waals surface area contributed by atoms with Crippen molar-refractivity contribution in [1.82, 2.24) is 15.6 Å². The molecule has 2 heterocycles. The molecule has 1 atom stereocenters. The van der Waals surface area contributed by atoms with Crippen LogP contribution < -0.4 is 16.4 Å². The SMILES string of the molecule is CCC1=C(c2nc(C3CCCCC3)cs2)C(c2cccc(N)c2)NC(=O)N1. The molecule has 1 fully saturated rings. The minimum atomic E-state index is -0.234. The van der Waals surface area contributed by atoms with Gasteiger partial charge in [-0.2, -0.15) is 0 Å². The van der Waals surface area contributed by atoms with Crippen LogP contribution in [0.4, 0.5) is 10.5 Å². The monoisotopic (exact) mass is 382 g/mol. The third-order valence-corrected chi connectivity index (χ3v) is 6.42. The zero-order valence-electron chi connectivity index (χ0n) is 15.6. The maximum Gasteiger partial charge on any atom is 0.319 e. The van der Waals surface area contributed by atoms with Crippen LogP contribution in [0.2, 0.25) is 0 Å². The summed E-state index contributed by atoms with van der Waals surface area (Å²) in [7, 11) is 0. The van der Waals surface area contributed by atoms with Gasteiger partial charge < -0.3 is 16.4 Å². The molecule has 2 aromatic rings. The lowest BCUT2D eigenvalue weighted by atomic mass is 9.87. The molecule has 1 unspecified atom stereocenters. The molecule has 0 bridgehead atoms. The van der Waals surface area contributed by atoms with Crippen molar-refractivity contribution in [1.29, 1.82) is 0 Å². The van der Waals surface area contributed by atoms with Crippen molar-refractivity contribution >= 4 is 28.6 Å². The normalized spacial score (nSPS) is 21.1. The molecule has 4 rings (SSSR count). The zero-order chi connectivity index (χ0) is 18.8. The van der Waals surface area contributed by atoms with Gasteiger partial charge in [-0.25, -0.2) is 9.78 Å². The number of amides is 2. The average Bonchev–Trinajstić information content (AvgIpc) is 3.17. The zero-order valence-corrected chi connectivity index (χ0v) is 16.4. The molecule has 4 N–H and O–H groups in total. The third-order valence-electron chi connectivity index (χ3n) is 5.53. The summed E-state index contributed by atoms with van der Waals surface area (Å²) in [6, 6.07) is 7.32. The van der Waals surface area contributed by atoms with Gasteiger partial charge in [0.1, 0.15) is 5.01 Å². The second kappa shape index (κ2) is 7.72. The smallest absolute Gasteiger partial charge is 0.319 e. The van der Waals surface area contributed by atoms with Crippen molar-refractivity contribution in [3.05, 3.63) is 51.6 Å². The first kappa shape index (κ1) is 18.0. The second-order valence-electron chi connectivity index (χ2n) is 7.36. The Kier molecular flexibility index (Phi) is 5.16. The predicted molar refractivity (Wildman–Crippen MR) is 110 cm³/mol. The molecule has 1 aliphatic carbocycles. The minimum Gasteiger partial charge on any atom is -0.399 e.